The number of nitrogens with zero attached hydrogens (tertiary/aromatic N) is 3. The van der Waals surface area contributed by atoms with E-state index in [1.807, 2.05) is 18.2 Å². The summed E-state index contributed by atoms with van der Waals surface area (Å²) < 4.78 is 2.93. The summed E-state index contributed by atoms with van der Waals surface area (Å²) in [7, 11) is 0. The molecular weight excluding hydrogens is 328 g/mol. The highest BCUT2D eigenvalue weighted by Crippen LogP contribution is 2.28. The standard InChI is InChI=1S/C13H16BrClN4/c1-8(2)7-19-12(6-16)17-18-13(19)9-3-4-10(14)11(15)5-9/h3-5,8H,6-7,16H2,1-2H3. The largest absolute Gasteiger partial charge is 0.324 e. The molecule has 0 atom stereocenters. The Morgan fingerprint density at radius 3 is 2.68 bits per heavy atom. The maximum atomic E-state index is 6.13. The second-order valence-electron chi connectivity index (χ2n) is 4.78. The molecule has 2 N–H and O–H groups in total. The van der Waals surface area contributed by atoms with Gasteiger partial charge in [0.2, 0.25) is 0 Å². The van der Waals surface area contributed by atoms with Crippen LogP contribution in [0.3, 0.4) is 0 Å². The molecule has 0 radical (unpaired) electrons. The highest BCUT2D eigenvalue weighted by atomic mass is 79.9. The van der Waals surface area contributed by atoms with Crippen molar-refractivity contribution in [2.75, 3.05) is 0 Å². The fraction of sp³-hybridized carbons (Fsp3) is 0.385. The van der Waals surface area contributed by atoms with E-state index in [0.29, 0.717) is 17.5 Å². The van der Waals surface area contributed by atoms with Gasteiger partial charge in [-0.25, -0.2) is 0 Å². The van der Waals surface area contributed by atoms with Crippen LogP contribution in [-0.4, -0.2) is 14.8 Å². The van der Waals surface area contributed by atoms with Crippen molar-refractivity contribution in [2.24, 2.45) is 11.7 Å². The van der Waals surface area contributed by atoms with Crippen molar-refractivity contribution in [1.82, 2.24) is 14.8 Å². The lowest BCUT2D eigenvalue weighted by atomic mass is 10.2. The van der Waals surface area contributed by atoms with Crippen molar-refractivity contribution in [3.8, 4) is 11.4 Å². The van der Waals surface area contributed by atoms with Crippen LogP contribution in [0.4, 0.5) is 0 Å². The highest BCUT2D eigenvalue weighted by Gasteiger charge is 2.14. The zero-order valence-electron chi connectivity index (χ0n) is 10.9. The number of benzene rings is 1. The summed E-state index contributed by atoms with van der Waals surface area (Å²) in [6, 6.07) is 5.76. The number of hydrogen-bond donors (Lipinski definition) is 1. The maximum absolute atomic E-state index is 6.13. The van der Waals surface area contributed by atoms with E-state index in [1.165, 1.54) is 0 Å². The lowest BCUT2D eigenvalue weighted by Crippen LogP contribution is -2.13. The molecule has 0 spiro atoms. The molecule has 0 amide bonds. The van der Waals surface area contributed by atoms with Crippen molar-refractivity contribution >= 4 is 27.5 Å². The molecule has 0 fully saturated rings. The van der Waals surface area contributed by atoms with Gasteiger partial charge < -0.3 is 10.3 Å². The van der Waals surface area contributed by atoms with Gasteiger partial charge in [0.1, 0.15) is 5.82 Å². The number of rotatable bonds is 4. The van der Waals surface area contributed by atoms with Crippen LogP contribution in [0.15, 0.2) is 22.7 Å². The number of hydrogen-bond acceptors (Lipinski definition) is 3. The van der Waals surface area contributed by atoms with Crippen LogP contribution in [0, 0.1) is 5.92 Å². The summed E-state index contributed by atoms with van der Waals surface area (Å²) in [5, 5.41) is 9.05. The summed E-state index contributed by atoms with van der Waals surface area (Å²) in [5.74, 6) is 2.09. The van der Waals surface area contributed by atoms with E-state index < -0.39 is 0 Å². The van der Waals surface area contributed by atoms with E-state index in [0.717, 1.165) is 28.2 Å². The average molecular weight is 344 g/mol. The van der Waals surface area contributed by atoms with Gasteiger partial charge in [0.05, 0.1) is 11.6 Å². The van der Waals surface area contributed by atoms with Gasteiger partial charge in [-0.15, -0.1) is 10.2 Å². The molecule has 0 aliphatic heterocycles. The van der Waals surface area contributed by atoms with Crippen LogP contribution in [0.1, 0.15) is 19.7 Å². The predicted octanol–water partition coefficient (Wildman–Crippen LogP) is 3.48. The molecule has 2 aromatic rings. The van der Waals surface area contributed by atoms with Gasteiger partial charge >= 0.3 is 0 Å². The minimum atomic E-state index is 0.379. The first-order valence-electron chi connectivity index (χ1n) is 6.10. The molecule has 0 unspecified atom stereocenters. The third-order valence-electron chi connectivity index (χ3n) is 2.74. The summed E-state index contributed by atoms with van der Waals surface area (Å²) in [5.41, 5.74) is 6.66. The lowest BCUT2D eigenvalue weighted by molar-refractivity contribution is 0.510. The van der Waals surface area contributed by atoms with Gasteiger partial charge in [0.25, 0.3) is 0 Å². The summed E-state index contributed by atoms with van der Waals surface area (Å²) in [6.45, 7) is 5.52. The number of nitrogens with two attached hydrogens (primary N) is 1. The SMILES string of the molecule is CC(C)Cn1c(CN)nnc1-c1ccc(Br)c(Cl)c1. The van der Waals surface area contributed by atoms with Gasteiger partial charge in [0.15, 0.2) is 5.82 Å². The Bertz CT molecular complexity index is 580. The maximum Gasteiger partial charge on any atom is 0.164 e. The van der Waals surface area contributed by atoms with Crippen LogP contribution in [-0.2, 0) is 13.1 Å². The monoisotopic (exact) mass is 342 g/mol. The van der Waals surface area contributed by atoms with Crippen molar-refractivity contribution in [3.05, 3.63) is 33.5 Å². The minimum Gasteiger partial charge on any atom is -0.324 e. The van der Waals surface area contributed by atoms with Crippen molar-refractivity contribution in [2.45, 2.75) is 26.9 Å². The first kappa shape index (κ1) is 14.5. The zero-order valence-corrected chi connectivity index (χ0v) is 13.2. The second kappa shape index (κ2) is 6.03. The Morgan fingerprint density at radius 2 is 2.11 bits per heavy atom. The molecule has 0 aliphatic carbocycles. The topological polar surface area (TPSA) is 56.7 Å². The van der Waals surface area contributed by atoms with Gasteiger partial charge in [-0.1, -0.05) is 25.4 Å². The van der Waals surface area contributed by atoms with E-state index in [1.54, 1.807) is 0 Å². The fourth-order valence-electron chi connectivity index (χ4n) is 1.89. The molecule has 6 heteroatoms. The molecular formula is C13H16BrClN4. The Labute approximate surface area is 126 Å². The molecule has 4 nitrogen and oxygen atoms in total. The molecule has 1 aromatic carbocycles. The number of halogens is 2. The van der Waals surface area contributed by atoms with E-state index >= 15 is 0 Å². The van der Waals surface area contributed by atoms with E-state index in [4.69, 9.17) is 17.3 Å². The third-order valence-corrected chi connectivity index (χ3v) is 3.97. The fourth-order valence-corrected chi connectivity index (χ4v) is 2.32. The molecule has 0 aliphatic rings. The normalized spacial score (nSPS) is 11.3. The van der Waals surface area contributed by atoms with Crippen molar-refractivity contribution < 1.29 is 0 Å². The van der Waals surface area contributed by atoms with E-state index in [9.17, 15) is 0 Å². The second-order valence-corrected chi connectivity index (χ2v) is 6.04. The van der Waals surface area contributed by atoms with Crippen molar-refractivity contribution in [3.63, 3.8) is 0 Å². The summed E-state index contributed by atoms with van der Waals surface area (Å²) in [4.78, 5) is 0. The zero-order chi connectivity index (χ0) is 14.0. The lowest BCUT2D eigenvalue weighted by Gasteiger charge is -2.12. The predicted molar refractivity (Wildman–Crippen MR) is 80.9 cm³/mol. The molecule has 102 valence electrons. The molecule has 0 saturated heterocycles. The minimum absolute atomic E-state index is 0.379. The van der Waals surface area contributed by atoms with Gasteiger partial charge in [-0.3, -0.25) is 0 Å². The van der Waals surface area contributed by atoms with Crippen LogP contribution in [0.5, 0.6) is 0 Å². The van der Waals surface area contributed by atoms with Crippen LogP contribution < -0.4 is 5.73 Å². The number of aromatic nitrogens is 3. The Kier molecular flexibility index (Phi) is 4.60. The van der Waals surface area contributed by atoms with E-state index in [-0.39, 0.29) is 0 Å². The molecule has 19 heavy (non-hydrogen) atoms. The van der Waals surface area contributed by atoms with Gasteiger partial charge in [0, 0.05) is 16.6 Å². The van der Waals surface area contributed by atoms with Gasteiger partial charge in [-0.05, 0) is 40.0 Å². The Morgan fingerprint density at radius 1 is 1.37 bits per heavy atom. The first-order chi connectivity index (χ1) is 9.02. The smallest absolute Gasteiger partial charge is 0.164 e. The molecule has 0 saturated carbocycles. The van der Waals surface area contributed by atoms with Crippen molar-refractivity contribution in [1.29, 1.82) is 0 Å². The quantitative estimate of drug-likeness (QED) is 0.924. The average Bonchev–Trinajstić information content (AvgIpc) is 2.75. The molecule has 1 heterocycles. The first-order valence-corrected chi connectivity index (χ1v) is 7.27. The molecule has 1 aromatic heterocycles. The highest BCUT2D eigenvalue weighted by molar-refractivity contribution is 9.10. The van der Waals surface area contributed by atoms with Gasteiger partial charge in [-0.2, -0.15) is 0 Å². The molecule has 0 bridgehead atoms. The van der Waals surface area contributed by atoms with E-state index in [2.05, 4.69) is 44.5 Å². The van der Waals surface area contributed by atoms with Crippen LogP contribution in [0.25, 0.3) is 11.4 Å². The van der Waals surface area contributed by atoms with Crippen LogP contribution >= 0.6 is 27.5 Å². The Hall–Kier alpha value is -0.910. The Balaban J connectivity index is 2.48. The summed E-state index contributed by atoms with van der Waals surface area (Å²) in [6.07, 6.45) is 0. The van der Waals surface area contributed by atoms with Crippen LogP contribution in [0.2, 0.25) is 5.02 Å². The third kappa shape index (κ3) is 3.16. The molecule has 2 rings (SSSR count). The summed E-state index contributed by atoms with van der Waals surface area (Å²) >= 11 is 9.52.